The molecule has 0 unspecified atom stereocenters. The second-order valence-corrected chi connectivity index (χ2v) is 7.08. The highest BCUT2D eigenvalue weighted by molar-refractivity contribution is 6.21. The van der Waals surface area contributed by atoms with Crippen LogP contribution < -0.4 is 5.32 Å². The molecule has 1 aliphatic heterocycles. The van der Waals surface area contributed by atoms with Crippen LogP contribution in [0.4, 0.5) is 15.8 Å². The van der Waals surface area contributed by atoms with Gasteiger partial charge in [0.15, 0.2) is 6.61 Å². The lowest BCUT2D eigenvalue weighted by Gasteiger charge is -2.11. The molecule has 1 N–H and O–H groups in total. The fourth-order valence-electron chi connectivity index (χ4n) is 3.26. The molecule has 172 valence electrons. The second kappa shape index (κ2) is 8.94. The van der Waals surface area contributed by atoms with Crippen molar-refractivity contribution >= 4 is 35.1 Å². The Morgan fingerprint density at radius 1 is 1.09 bits per heavy atom. The minimum Gasteiger partial charge on any atom is -0.467 e. The van der Waals surface area contributed by atoms with Gasteiger partial charge in [-0.3, -0.25) is 29.4 Å². The Morgan fingerprint density at radius 3 is 2.56 bits per heavy atom. The smallest absolute Gasteiger partial charge is 0.338 e. The SMILES string of the molecule is O=C(COC(=O)c1ccc2c(c1)C(=O)N(Cc1ccco1)C2=O)Nc1ccc(F)c([N+](=O)[O-])c1. The molecule has 4 rings (SSSR count). The number of carbonyl (C=O) groups is 4. The number of nitro benzene ring substituents is 1. The number of anilines is 1. The van der Waals surface area contributed by atoms with Crippen LogP contribution in [0, 0.1) is 15.9 Å². The lowest BCUT2D eigenvalue weighted by atomic mass is 10.1. The summed E-state index contributed by atoms with van der Waals surface area (Å²) in [5.41, 5.74) is -0.830. The lowest BCUT2D eigenvalue weighted by molar-refractivity contribution is -0.387. The normalized spacial score (nSPS) is 12.4. The van der Waals surface area contributed by atoms with Crippen LogP contribution in [0.3, 0.4) is 0 Å². The van der Waals surface area contributed by atoms with Gasteiger partial charge in [-0.1, -0.05) is 0 Å². The number of nitrogens with zero attached hydrogens (tertiary/aromatic N) is 2. The fourth-order valence-corrected chi connectivity index (χ4v) is 3.26. The quantitative estimate of drug-likeness (QED) is 0.241. The first-order valence-corrected chi connectivity index (χ1v) is 9.68. The maximum absolute atomic E-state index is 13.4. The number of imide groups is 1. The molecule has 0 saturated carbocycles. The summed E-state index contributed by atoms with van der Waals surface area (Å²) in [6, 6.07) is 9.78. The highest BCUT2D eigenvalue weighted by Crippen LogP contribution is 2.26. The van der Waals surface area contributed by atoms with E-state index in [1.807, 2.05) is 0 Å². The predicted molar refractivity (Wildman–Crippen MR) is 111 cm³/mol. The van der Waals surface area contributed by atoms with Gasteiger partial charge in [-0.25, -0.2) is 4.79 Å². The van der Waals surface area contributed by atoms with Crippen LogP contribution >= 0.6 is 0 Å². The number of fused-ring (bicyclic) bond motifs is 1. The van der Waals surface area contributed by atoms with E-state index < -0.39 is 46.7 Å². The molecule has 0 saturated heterocycles. The third-order valence-corrected chi connectivity index (χ3v) is 4.86. The van der Waals surface area contributed by atoms with E-state index in [0.29, 0.717) is 5.76 Å². The molecule has 12 heteroatoms. The molecule has 0 spiro atoms. The van der Waals surface area contributed by atoms with E-state index in [4.69, 9.17) is 9.15 Å². The first kappa shape index (κ1) is 22.3. The van der Waals surface area contributed by atoms with Crippen LogP contribution in [0.25, 0.3) is 0 Å². The molecule has 0 aliphatic carbocycles. The summed E-state index contributed by atoms with van der Waals surface area (Å²) in [6.07, 6.45) is 1.41. The van der Waals surface area contributed by atoms with Gasteiger partial charge in [-0.15, -0.1) is 0 Å². The van der Waals surface area contributed by atoms with Crippen molar-refractivity contribution < 1.29 is 37.6 Å². The van der Waals surface area contributed by atoms with E-state index >= 15 is 0 Å². The minimum atomic E-state index is -1.07. The number of carbonyl (C=O) groups excluding carboxylic acids is 4. The summed E-state index contributed by atoms with van der Waals surface area (Å²) in [6.45, 7) is -0.820. The van der Waals surface area contributed by atoms with E-state index in [1.54, 1.807) is 12.1 Å². The third-order valence-electron chi connectivity index (χ3n) is 4.86. The van der Waals surface area contributed by atoms with Crippen molar-refractivity contribution in [1.82, 2.24) is 4.90 Å². The fraction of sp³-hybridized carbons (Fsp3) is 0.0909. The van der Waals surface area contributed by atoms with Crippen molar-refractivity contribution in [2.45, 2.75) is 6.54 Å². The summed E-state index contributed by atoms with van der Waals surface area (Å²) in [7, 11) is 0. The lowest BCUT2D eigenvalue weighted by Crippen LogP contribution is -2.28. The average molecular weight is 467 g/mol. The molecule has 0 radical (unpaired) electrons. The summed E-state index contributed by atoms with van der Waals surface area (Å²) >= 11 is 0. The van der Waals surface area contributed by atoms with Crippen LogP contribution in [0.1, 0.15) is 36.8 Å². The zero-order valence-corrected chi connectivity index (χ0v) is 17.1. The molecule has 2 heterocycles. The Morgan fingerprint density at radius 2 is 1.85 bits per heavy atom. The number of ether oxygens (including phenoxy) is 1. The van der Waals surface area contributed by atoms with Gasteiger partial charge in [0, 0.05) is 11.8 Å². The van der Waals surface area contributed by atoms with Gasteiger partial charge in [0.2, 0.25) is 5.82 Å². The molecule has 3 aromatic rings. The van der Waals surface area contributed by atoms with Gasteiger partial charge < -0.3 is 14.5 Å². The van der Waals surface area contributed by atoms with Crippen LogP contribution in [0.5, 0.6) is 0 Å². The summed E-state index contributed by atoms with van der Waals surface area (Å²) < 4.78 is 23.5. The summed E-state index contributed by atoms with van der Waals surface area (Å²) in [5, 5.41) is 13.0. The average Bonchev–Trinajstić information content (AvgIpc) is 3.41. The van der Waals surface area contributed by atoms with Crippen LogP contribution in [-0.4, -0.2) is 40.1 Å². The monoisotopic (exact) mass is 467 g/mol. The van der Waals surface area contributed by atoms with Crippen molar-refractivity contribution in [3.63, 3.8) is 0 Å². The predicted octanol–water partition coefficient (Wildman–Crippen LogP) is 2.92. The number of nitro groups is 1. The molecule has 0 bridgehead atoms. The molecule has 1 aliphatic rings. The number of hydrogen-bond acceptors (Lipinski definition) is 8. The van der Waals surface area contributed by atoms with Crippen molar-refractivity contribution in [1.29, 1.82) is 0 Å². The molecule has 34 heavy (non-hydrogen) atoms. The molecular formula is C22H14FN3O8. The van der Waals surface area contributed by atoms with E-state index in [0.717, 1.165) is 23.1 Å². The van der Waals surface area contributed by atoms with E-state index in [-0.39, 0.29) is 28.9 Å². The Hall–Kier alpha value is -4.87. The Labute approximate surface area is 189 Å². The van der Waals surface area contributed by atoms with Gasteiger partial charge >= 0.3 is 11.7 Å². The second-order valence-electron chi connectivity index (χ2n) is 7.08. The number of esters is 1. The van der Waals surface area contributed by atoms with Crippen LogP contribution in [0.2, 0.25) is 0 Å². The Balaban J connectivity index is 1.39. The van der Waals surface area contributed by atoms with E-state index in [2.05, 4.69) is 5.32 Å². The van der Waals surface area contributed by atoms with E-state index in [1.165, 1.54) is 24.5 Å². The standard InChI is InChI=1S/C22H14FN3O8/c23-17-6-4-13(9-18(17)26(31)32)24-19(27)11-34-22(30)12-3-5-15-16(8-12)21(29)25(20(15)28)10-14-2-1-7-33-14/h1-9H,10-11H2,(H,24,27). The number of benzene rings is 2. The zero-order valence-electron chi connectivity index (χ0n) is 17.1. The van der Waals surface area contributed by atoms with Gasteiger partial charge in [0.05, 0.1) is 34.4 Å². The van der Waals surface area contributed by atoms with E-state index in [9.17, 15) is 33.7 Å². The van der Waals surface area contributed by atoms with Crippen molar-refractivity contribution in [3.8, 4) is 0 Å². The number of nitrogens with one attached hydrogen (secondary N) is 1. The maximum atomic E-state index is 13.4. The Kier molecular flexibility index (Phi) is 5.87. The summed E-state index contributed by atoms with van der Waals surface area (Å²) in [4.78, 5) is 60.4. The van der Waals surface area contributed by atoms with Gasteiger partial charge in [0.25, 0.3) is 17.7 Å². The van der Waals surface area contributed by atoms with Crippen molar-refractivity contribution in [2.24, 2.45) is 0 Å². The number of hydrogen-bond donors (Lipinski definition) is 1. The molecular weight excluding hydrogens is 453 g/mol. The first-order chi connectivity index (χ1) is 16.2. The van der Waals surface area contributed by atoms with Crippen molar-refractivity contribution in [3.05, 3.63) is 93.2 Å². The molecule has 0 atom stereocenters. The largest absolute Gasteiger partial charge is 0.467 e. The Bertz CT molecular complexity index is 1340. The highest BCUT2D eigenvalue weighted by Gasteiger charge is 2.36. The molecule has 1 aromatic heterocycles. The molecule has 11 nitrogen and oxygen atoms in total. The van der Waals surface area contributed by atoms with Gasteiger partial charge in [-0.2, -0.15) is 4.39 Å². The van der Waals surface area contributed by atoms with Gasteiger partial charge in [-0.05, 0) is 42.5 Å². The third kappa shape index (κ3) is 4.37. The minimum absolute atomic E-state index is 0.00841. The first-order valence-electron chi connectivity index (χ1n) is 9.68. The van der Waals surface area contributed by atoms with Crippen LogP contribution in [-0.2, 0) is 16.1 Å². The molecule has 3 amide bonds. The van der Waals surface area contributed by atoms with Crippen LogP contribution in [0.15, 0.2) is 59.2 Å². The topological polar surface area (TPSA) is 149 Å². The number of rotatable bonds is 7. The van der Waals surface area contributed by atoms with Crippen molar-refractivity contribution in [2.75, 3.05) is 11.9 Å². The molecule has 0 fully saturated rings. The summed E-state index contributed by atoms with van der Waals surface area (Å²) in [5.74, 6) is -3.57. The highest BCUT2D eigenvalue weighted by atomic mass is 19.1. The number of furan rings is 1. The number of halogens is 1. The van der Waals surface area contributed by atoms with Gasteiger partial charge in [0.1, 0.15) is 5.76 Å². The maximum Gasteiger partial charge on any atom is 0.338 e. The number of amides is 3. The zero-order chi connectivity index (χ0) is 24.4. The molecule has 2 aromatic carbocycles.